The molecule has 0 radical (unpaired) electrons. The van der Waals surface area contributed by atoms with Gasteiger partial charge in [0, 0.05) is 31.7 Å². The first-order chi connectivity index (χ1) is 9.22. The van der Waals surface area contributed by atoms with Crippen molar-refractivity contribution in [3.8, 4) is 0 Å². The normalized spacial score (nSPS) is 24.6. The number of halogens is 1. The first kappa shape index (κ1) is 14.5. The van der Waals surface area contributed by atoms with Crippen LogP contribution in [0.4, 0.5) is 4.39 Å². The van der Waals surface area contributed by atoms with Crippen LogP contribution in [-0.2, 0) is 6.54 Å². The minimum atomic E-state index is -0.134. The molecule has 1 heterocycles. The summed E-state index contributed by atoms with van der Waals surface area (Å²) >= 11 is 0. The number of hydrogen-bond acceptors (Lipinski definition) is 2. The standard InChI is InChI=1S/C16H25FN2/c1-3-6-15-12-19(16(4-2)10-18-15)11-13-7-5-8-14(17)9-13/h5,7-9,15-16,18H,3-4,6,10-12H2,1-2H3. The number of rotatable bonds is 5. The van der Waals surface area contributed by atoms with Crippen molar-refractivity contribution < 1.29 is 4.39 Å². The zero-order chi connectivity index (χ0) is 13.7. The molecule has 1 fully saturated rings. The average molecular weight is 264 g/mol. The van der Waals surface area contributed by atoms with Crippen LogP contribution < -0.4 is 5.32 Å². The lowest BCUT2D eigenvalue weighted by Crippen LogP contribution is -2.55. The average Bonchev–Trinajstić information content (AvgIpc) is 2.39. The Kier molecular flexibility index (Phi) is 5.34. The van der Waals surface area contributed by atoms with Gasteiger partial charge in [0.15, 0.2) is 0 Å². The zero-order valence-electron chi connectivity index (χ0n) is 12.0. The molecule has 0 aromatic heterocycles. The summed E-state index contributed by atoms with van der Waals surface area (Å²) in [6, 6.07) is 8.14. The molecule has 1 aromatic carbocycles. The van der Waals surface area contributed by atoms with Gasteiger partial charge in [0.25, 0.3) is 0 Å². The van der Waals surface area contributed by atoms with Gasteiger partial charge in [-0.25, -0.2) is 4.39 Å². The molecule has 1 aromatic rings. The molecule has 0 spiro atoms. The molecule has 0 bridgehead atoms. The van der Waals surface area contributed by atoms with Crippen molar-refractivity contribution in [3.63, 3.8) is 0 Å². The van der Waals surface area contributed by atoms with Crippen molar-refractivity contribution in [1.82, 2.24) is 10.2 Å². The van der Waals surface area contributed by atoms with Gasteiger partial charge in [0.05, 0.1) is 0 Å². The molecule has 106 valence electrons. The highest BCUT2D eigenvalue weighted by Gasteiger charge is 2.26. The Bertz CT molecular complexity index is 394. The van der Waals surface area contributed by atoms with Crippen LogP contribution in [0.25, 0.3) is 0 Å². The van der Waals surface area contributed by atoms with Gasteiger partial charge in [0.2, 0.25) is 0 Å². The molecule has 1 N–H and O–H groups in total. The van der Waals surface area contributed by atoms with Gasteiger partial charge >= 0.3 is 0 Å². The van der Waals surface area contributed by atoms with E-state index in [1.807, 2.05) is 6.07 Å². The second-order valence-corrected chi connectivity index (χ2v) is 5.52. The summed E-state index contributed by atoms with van der Waals surface area (Å²) in [4.78, 5) is 2.51. The molecule has 19 heavy (non-hydrogen) atoms. The van der Waals surface area contributed by atoms with Gasteiger partial charge in [-0.3, -0.25) is 4.90 Å². The molecule has 2 rings (SSSR count). The summed E-state index contributed by atoms with van der Waals surface area (Å²) in [7, 11) is 0. The molecule has 1 aliphatic rings. The van der Waals surface area contributed by atoms with Crippen molar-refractivity contribution >= 4 is 0 Å². The van der Waals surface area contributed by atoms with Gasteiger partial charge in [-0.1, -0.05) is 32.4 Å². The molecule has 1 saturated heterocycles. The van der Waals surface area contributed by atoms with Crippen LogP contribution in [0, 0.1) is 5.82 Å². The molecule has 0 amide bonds. The molecular formula is C16H25FN2. The van der Waals surface area contributed by atoms with E-state index in [9.17, 15) is 4.39 Å². The first-order valence-corrected chi connectivity index (χ1v) is 7.44. The highest BCUT2D eigenvalue weighted by molar-refractivity contribution is 5.16. The van der Waals surface area contributed by atoms with Gasteiger partial charge in [-0.15, -0.1) is 0 Å². The van der Waals surface area contributed by atoms with E-state index >= 15 is 0 Å². The maximum Gasteiger partial charge on any atom is 0.123 e. The fourth-order valence-electron chi connectivity index (χ4n) is 2.94. The minimum absolute atomic E-state index is 0.134. The van der Waals surface area contributed by atoms with Crippen molar-refractivity contribution in [2.24, 2.45) is 0 Å². The Morgan fingerprint density at radius 1 is 1.37 bits per heavy atom. The number of nitrogens with zero attached hydrogens (tertiary/aromatic N) is 1. The van der Waals surface area contributed by atoms with Crippen LogP contribution in [0.2, 0.25) is 0 Å². The Balaban J connectivity index is 2.01. The van der Waals surface area contributed by atoms with Crippen LogP contribution in [0.1, 0.15) is 38.7 Å². The topological polar surface area (TPSA) is 15.3 Å². The van der Waals surface area contributed by atoms with Crippen molar-refractivity contribution in [3.05, 3.63) is 35.6 Å². The quantitative estimate of drug-likeness (QED) is 0.878. The molecule has 0 saturated carbocycles. The molecule has 2 nitrogen and oxygen atoms in total. The fourth-order valence-corrected chi connectivity index (χ4v) is 2.94. The first-order valence-electron chi connectivity index (χ1n) is 7.44. The lowest BCUT2D eigenvalue weighted by molar-refractivity contribution is 0.115. The largest absolute Gasteiger partial charge is 0.311 e. The Morgan fingerprint density at radius 3 is 2.89 bits per heavy atom. The SMILES string of the molecule is CCCC1CN(Cc2cccc(F)c2)C(CC)CN1. The summed E-state index contributed by atoms with van der Waals surface area (Å²) in [5.74, 6) is -0.134. The maximum absolute atomic E-state index is 13.3. The van der Waals surface area contributed by atoms with Crippen LogP contribution in [0.3, 0.4) is 0 Å². The van der Waals surface area contributed by atoms with Crippen LogP contribution in [0.5, 0.6) is 0 Å². The van der Waals surface area contributed by atoms with Gasteiger partial charge in [0.1, 0.15) is 5.82 Å². The zero-order valence-corrected chi connectivity index (χ0v) is 12.0. The van der Waals surface area contributed by atoms with E-state index in [-0.39, 0.29) is 5.82 Å². The molecule has 1 aliphatic heterocycles. The highest BCUT2D eigenvalue weighted by atomic mass is 19.1. The van der Waals surface area contributed by atoms with Crippen molar-refractivity contribution in [2.75, 3.05) is 13.1 Å². The second kappa shape index (κ2) is 7.01. The molecule has 2 unspecified atom stereocenters. The third kappa shape index (κ3) is 4.02. The summed E-state index contributed by atoms with van der Waals surface area (Å²) in [5, 5.41) is 3.63. The molecular weight excluding hydrogens is 239 g/mol. The van der Waals surface area contributed by atoms with E-state index in [4.69, 9.17) is 0 Å². The Hall–Kier alpha value is -0.930. The number of piperazine rings is 1. The number of nitrogens with one attached hydrogen (secondary N) is 1. The van der Waals surface area contributed by atoms with E-state index in [1.165, 1.54) is 18.9 Å². The van der Waals surface area contributed by atoms with Crippen LogP contribution >= 0.6 is 0 Å². The highest BCUT2D eigenvalue weighted by Crippen LogP contribution is 2.17. The smallest absolute Gasteiger partial charge is 0.123 e. The van der Waals surface area contributed by atoms with Crippen molar-refractivity contribution in [2.45, 2.75) is 51.7 Å². The predicted molar refractivity (Wildman–Crippen MR) is 77.6 cm³/mol. The Labute approximate surface area is 116 Å². The van der Waals surface area contributed by atoms with Crippen molar-refractivity contribution in [1.29, 1.82) is 0 Å². The van der Waals surface area contributed by atoms with Gasteiger partial charge in [-0.2, -0.15) is 0 Å². The summed E-state index contributed by atoms with van der Waals surface area (Å²) < 4.78 is 13.3. The van der Waals surface area contributed by atoms with E-state index < -0.39 is 0 Å². The molecule has 2 atom stereocenters. The summed E-state index contributed by atoms with van der Waals surface area (Å²) in [6.45, 7) is 7.44. The minimum Gasteiger partial charge on any atom is -0.311 e. The second-order valence-electron chi connectivity index (χ2n) is 5.52. The maximum atomic E-state index is 13.3. The van der Waals surface area contributed by atoms with Crippen LogP contribution in [-0.4, -0.2) is 30.1 Å². The molecule has 0 aliphatic carbocycles. The van der Waals surface area contributed by atoms with Crippen LogP contribution in [0.15, 0.2) is 24.3 Å². The number of hydrogen-bond donors (Lipinski definition) is 1. The molecule has 3 heteroatoms. The lowest BCUT2D eigenvalue weighted by Gasteiger charge is -2.40. The van der Waals surface area contributed by atoms with Gasteiger partial charge in [-0.05, 0) is 30.5 Å². The van der Waals surface area contributed by atoms with E-state index in [2.05, 4.69) is 24.1 Å². The predicted octanol–water partition coefficient (Wildman–Crippen LogP) is 3.18. The van der Waals surface area contributed by atoms with E-state index in [0.717, 1.165) is 31.6 Å². The Morgan fingerprint density at radius 2 is 2.21 bits per heavy atom. The fraction of sp³-hybridized carbons (Fsp3) is 0.625. The van der Waals surface area contributed by atoms with Gasteiger partial charge < -0.3 is 5.32 Å². The lowest BCUT2D eigenvalue weighted by atomic mass is 10.0. The van der Waals surface area contributed by atoms with E-state index in [0.29, 0.717) is 12.1 Å². The summed E-state index contributed by atoms with van der Waals surface area (Å²) in [6.07, 6.45) is 3.57. The third-order valence-electron chi connectivity index (χ3n) is 4.00. The number of benzene rings is 1. The van der Waals surface area contributed by atoms with E-state index in [1.54, 1.807) is 12.1 Å². The summed E-state index contributed by atoms with van der Waals surface area (Å²) in [5.41, 5.74) is 1.08. The monoisotopic (exact) mass is 264 g/mol. The third-order valence-corrected chi connectivity index (χ3v) is 4.00.